The maximum Gasteiger partial charge on any atom is 0.179 e. The number of hydrogen-bond donors (Lipinski definition) is 1. The lowest BCUT2D eigenvalue weighted by molar-refractivity contribution is 0.896. The van der Waals surface area contributed by atoms with Crippen LogP contribution in [0.5, 0.6) is 0 Å². The smallest absolute Gasteiger partial charge is 0.179 e. The average molecular weight is 386 g/mol. The molecule has 0 radical (unpaired) electrons. The van der Waals surface area contributed by atoms with Gasteiger partial charge in [-0.3, -0.25) is 4.98 Å². The average Bonchev–Trinajstić information content (AvgIpc) is 2.33. The highest BCUT2D eigenvalue weighted by Gasteiger charge is 2.13. The molecule has 0 spiro atoms. The molecular weight excluding hydrogens is 372 g/mol. The standard InChI is InChI=1S/C13H14Br2N4/c1-7-10(3-4-16)8(2)19-13(18-7)12-11(15)5-9(14)6-17-12/h5-6H,3-4,16H2,1-2H3. The highest BCUT2D eigenvalue weighted by atomic mass is 79.9. The fourth-order valence-electron chi connectivity index (χ4n) is 1.93. The molecule has 19 heavy (non-hydrogen) atoms. The van der Waals surface area contributed by atoms with Gasteiger partial charge in [-0.15, -0.1) is 0 Å². The molecule has 0 amide bonds. The number of hydrogen-bond acceptors (Lipinski definition) is 4. The first kappa shape index (κ1) is 14.6. The van der Waals surface area contributed by atoms with Crippen molar-refractivity contribution in [2.24, 2.45) is 5.73 Å². The summed E-state index contributed by atoms with van der Waals surface area (Å²) >= 11 is 6.87. The minimum Gasteiger partial charge on any atom is -0.330 e. The van der Waals surface area contributed by atoms with Crippen LogP contribution in [0.3, 0.4) is 0 Å². The topological polar surface area (TPSA) is 64.7 Å². The van der Waals surface area contributed by atoms with E-state index in [2.05, 4.69) is 46.8 Å². The minimum absolute atomic E-state index is 0.602. The zero-order valence-electron chi connectivity index (χ0n) is 10.7. The predicted octanol–water partition coefficient (Wildman–Crippen LogP) is 3.18. The van der Waals surface area contributed by atoms with E-state index >= 15 is 0 Å². The fourth-order valence-corrected chi connectivity index (χ4v) is 3.10. The Balaban J connectivity index is 2.52. The summed E-state index contributed by atoms with van der Waals surface area (Å²) in [4.78, 5) is 13.4. The molecule has 0 unspecified atom stereocenters. The quantitative estimate of drug-likeness (QED) is 0.881. The van der Waals surface area contributed by atoms with E-state index in [1.54, 1.807) is 6.20 Å². The van der Waals surface area contributed by atoms with E-state index in [9.17, 15) is 0 Å². The Morgan fingerprint density at radius 1 is 1.16 bits per heavy atom. The summed E-state index contributed by atoms with van der Waals surface area (Å²) in [6, 6.07) is 1.93. The lowest BCUT2D eigenvalue weighted by atomic mass is 10.1. The third-order valence-electron chi connectivity index (χ3n) is 2.83. The third-order valence-corrected chi connectivity index (χ3v) is 3.87. The molecule has 100 valence electrons. The van der Waals surface area contributed by atoms with Crippen molar-refractivity contribution in [2.75, 3.05) is 6.54 Å². The Hall–Kier alpha value is -0.850. The number of aromatic nitrogens is 3. The van der Waals surface area contributed by atoms with Gasteiger partial charge in [-0.1, -0.05) is 0 Å². The molecule has 2 aromatic heterocycles. The third kappa shape index (κ3) is 3.19. The number of halogens is 2. The fraction of sp³-hybridized carbons (Fsp3) is 0.308. The highest BCUT2D eigenvalue weighted by molar-refractivity contribution is 9.11. The molecule has 2 rings (SSSR count). The van der Waals surface area contributed by atoms with Gasteiger partial charge >= 0.3 is 0 Å². The van der Waals surface area contributed by atoms with Crippen LogP contribution in [0.25, 0.3) is 11.5 Å². The Bertz CT molecular complexity index is 591. The molecule has 0 aliphatic carbocycles. The van der Waals surface area contributed by atoms with Gasteiger partial charge in [0.25, 0.3) is 0 Å². The molecule has 0 saturated carbocycles. The van der Waals surface area contributed by atoms with E-state index in [4.69, 9.17) is 5.73 Å². The van der Waals surface area contributed by atoms with Crippen molar-refractivity contribution < 1.29 is 0 Å². The summed E-state index contributed by atoms with van der Waals surface area (Å²) in [5.41, 5.74) is 9.40. The first-order valence-corrected chi connectivity index (χ1v) is 7.47. The van der Waals surface area contributed by atoms with Gasteiger partial charge in [0.15, 0.2) is 5.82 Å². The highest BCUT2D eigenvalue weighted by Crippen LogP contribution is 2.27. The van der Waals surface area contributed by atoms with Crippen LogP contribution in [-0.2, 0) is 6.42 Å². The lowest BCUT2D eigenvalue weighted by Gasteiger charge is -2.10. The van der Waals surface area contributed by atoms with Crippen LogP contribution >= 0.6 is 31.9 Å². The van der Waals surface area contributed by atoms with Crippen LogP contribution in [0.4, 0.5) is 0 Å². The van der Waals surface area contributed by atoms with Crippen molar-refractivity contribution in [2.45, 2.75) is 20.3 Å². The second-order valence-corrected chi connectivity index (χ2v) is 5.99. The summed E-state index contributed by atoms with van der Waals surface area (Å²) in [5.74, 6) is 0.634. The number of rotatable bonds is 3. The van der Waals surface area contributed by atoms with E-state index in [1.165, 1.54) is 0 Å². The molecule has 4 nitrogen and oxygen atoms in total. The van der Waals surface area contributed by atoms with E-state index in [0.29, 0.717) is 12.4 Å². The second kappa shape index (κ2) is 6.07. The van der Waals surface area contributed by atoms with E-state index in [-0.39, 0.29) is 0 Å². The van der Waals surface area contributed by atoms with Gasteiger partial charge in [0.05, 0.1) is 0 Å². The molecule has 0 bridgehead atoms. The van der Waals surface area contributed by atoms with Crippen molar-refractivity contribution in [1.82, 2.24) is 15.0 Å². The number of nitrogens with two attached hydrogens (primary N) is 1. The van der Waals surface area contributed by atoms with E-state index < -0.39 is 0 Å². The maximum atomic E-state index is 5.61. The summed E-state index contributed by atoms with van der Waals surface area (Å²) in [5, 5.41) is 0. The summed E-state index contributed by atoms with van der Waals surface area (Å²) < 4.78 is 1.78. The Morgan fingerprint density at radius 2 is 1.79 bits per heavy atom. The number of pyridine rings is 1. The van der Waals surface area contributed by atoms with Crippen molar-refractivity contribution in [1.29, 1.82) is 0 Å². The molecule has 2 aromatic rings. The molecule has 0 aromatic carbocycles. The number of nitrogens with zero attached hydrogens (tertiary/aromatic N) is 3. The Morgan fingerprint density at radius 3 is 2.32 bits per heavy atom. The van der Waals surface area contributed by atoms with Crippen molar-refractivity contribution in [3.8, 4) is 11.5 Å². The van der Waals surface area contributed by atoms with Gasteiger partial charge in [-0.2, -0.15) is 0 Å². The maximum absolute atomic E-state index is 5.61. The Labute approximate surface area is 129 Å². The molecule has 0 aliphatic rings. The van der Waals surface area contributed by atoms with Crippen LogP contribution in [0.2, 0.25) is 0 Å². The summed E-state index contributed by atoms with van der Waals surface area (Å²) in [7, 11) is 0. The van der Waals surface area contributed by atoms with E-state index in [1.807, 2.05) is 19.9 Å². The molecule has 0 fully saturated rings. The molecule has 2 heterocycles. The molecule has 2 N–H and O–H groups in total. The lowest BCUT2D eigenvalue weighted by Crippen LogP contribution is -2.09. The van der Waals surface area contributed by atoms with Gasteiger partial charge in [0.2, 0.25) is 0 Å². The Kier molecular flexibility index (Phi) is 4.65. The van der Waals surface area contributed by atoms with Crippen LogP contribution in [0, 0.1) is 13.8 Å². The minimum atomic E-state index is 0.602. The molecule has 0 atom stereocenters. The van der Waals surface area contributed by atoms with Crippen LogP contribution < -0.4 is 5.73 Å². The predicted molar refractivity (Wildman–Crippen MR) is 82.9 cm³/mol. The van der Waals surface area contributed by atoms with Gasteiger partial charge in [-0.25, -0.2) is 9.97 Å². The molecule has 0 saturated heterocycles. The van der Waals surface area contributed by atoms with Gasteiger partial charge < -0.3 is 5.73 Å². The van der Waals surface area contributed by atoms with Gasteiger partial charge in [0.1, 0.15) is 5.69 Å². The molecule has 0 aliphatic heterocycles. The van der Waals surface area contributed by atoms with Crippen LogP contribution in [0.15, 0.2) is 21.2 Å². The summed E-state index contributed by atoms with van der Waals surface area (Å²) in [6.07, 6.45) is 2.54. The van der Waals surface area contributed by atoms with Crippen molar-refractivity contribution >= 4 is 31.9 Å². The van der Waals surface area contributed by atoms with Crippen LogP contribution in [0.1, 0.15) is 17.0 Å². The first-order valence-electron chi connectivity index (χ1n) is 5.88. The van der Waals surface area contributed by atoms with Gasteiger partial charge in [-0.05, 0) is 70.3 Å². The molecular formula is C13H14Br2N4. The van der Waals surface area contributed by atoms with E-state index in [0.717, 1.165) is 38.0 Å². The second-order valence-electron chi connectivity index (χ2n) is 4.22. The summed E-state index contributed by atoms with van der Waals surface area (Å²) in [6.45, 7) is 4.57. The van der Waals surface area contributed by atoms with Gasteiger partial charge in [0, 0.05) is 26.5 Å². The largest absolute Gasteiger partial charge is 0.330 e. The zero-order chi connectivity index (χ0) is 14.0. The zero-order valence-corrected chi connectivity index (χ0v) is 13.9. The molecule has 6 heteroatoms. The van der Waals surface area contributed by atoms with Crippen LogP contribution in [-0.4, -0.2) is 21.5 Å². The SMILES string of the molecule is Cc1nc(-c2ncc(Br)cc2Br)nc(C)c1CCN. The van der Waals surface area contributed by atoms with Crippen molar-refractivity contribution in [3.05, 3.63) is 38.2 Å². The normalized spacial score (nSPS) is 10.8. The monoisotopic (exact) mass is 384 g/mol. The first-order chi connectivity index (χ1) is 9.02. The number of aryl methyl sites for hydroxylation is 2. The van der Waals surface area contributed by atoms with Crippen molar-refractivity contribution in [3.63, 3.8) is 0 Å².